The van der Waals surface area contributed by atoms with Gasteiger partial charge in [-0.2, -0.15) is 0 Å². The van der Waals surface area contributed by atoms with E-state index in [0.29, 0.717) is 0 Å². The predicted octanol–water partition coefficient (Wildman–Crippen LogP) is 2.90. The highest BCUT2D eigenvalue weighted by Crippen LogP contribution is 2.11. The van der Waals surface area contributed by atoms with Gasteiger partial charge >= 0.3 is 0 Å². The van der Waals surface area contributed by atoms with Gasteiger partial charge in [0, 0.05) is 18.0 Å². The Morgan fingerprint density at radius 1 is 1.46 bits per heavy atom. The van der Waals surface area contributed by atoms with Crippen LogP contribution in [0, 0.1) is 0 Å². The van der Waals surface area contributed by atoms with Crippen LogP contribution in [0.5, 0.6) is 0 Å². The third kappa shape index (κ3) is 2.51. The van der Waals surface area contributed by atoms with Gasteiger partial charge < -0.3 is 0 Å². The van der Waals surface area contributed by atoms with Gasteiger partial charge in [0.05, 0.1) is 0 Å². The third-order valence-corrected chi connectivity index (χ3v) is 1.67. The molecular weight excluding hydrogens is 160 g/mol. The van der Waals surface area contributed by atoms with Crippen molar-refractivity contribution in [3.63, 3.8) is 0 Å². The first-order chi connectivity index (χ1) is 6.25. The maximum atomic E-state index is 4.23. The summed E-state index contributed by atoms with van der Waals surface area (Å²) in [4.78, 5) is 8.43. The predicted molar refractivity (Wildman–Crippen MR) is 58.3 cm³/mol. The van der Waals surface area contributed by atoms with Crippen LogP contribution < -0.4 is 0 Å². The topological polar surface area (TPSA) is 24.7 Å². The van der Waals surface area contributed by atoms with Gasteiger partial charge in [0.1, 0.15) is 0 Å². The molecule has 1 aliphatic heterocycles. The van der Waals surface area contributed by atoms with E-state index >= 15 is 0 Å². The number of hydrogen-bond acceptors (Lipinski definition) is 1. The molecule has 0 saturated heterocycles. The van der Waals surface area contributed by atoms with Gasteiger partial charge in [-0.15, -0.1) is 0 Å². The summed E-state index contributed by atoms with van der Waals surface area (Å²) in [6, 6.07) is 0. The number of nitrogens with zero attached hydrogens (tertiary/aromatic N) is 2. The second kappa shape index (κ2) is 4.55. The van der Waals surface area contributed by atoms with Gasteiger partial charge in [0.25, 0.3) is 0 Å². The molecule has 0 spiro atoms. The van der Waals surface area contributed by atoms with E-state index in [1.807, 2.05) is 25.2 Å². The lowest BCUT2D eigenvalue weighted by Crippen LogP contribution is -2.02. The number of amidine groups is 1. The van der Waals surface area contributed by atoms with Crippen LogP contribution in [0.2, 0.25) is 0 Å². The fraction of sp³-hybridized carbons (Fsp3) is 0.273. The molecule has 1 rings (SSSR count). The molecule has 0 aromatic carbocycles. The number of hydrogen-bond donors (Lipinski definition) is 0. The molecule has 13 heavy (non-hydrogen) atoms. The smallest absolute Gasteiger partial charge is 0.159 e. The maximum Gasteiger partial charge on any atom is 0.159 e. The van der Waals surface area contributed by atoms with Gasteiger partial charge in [-0.1, -0.05) is 11.6 Å². The molecule has 0 aromatic heterocycles. The van der Waals surface area contributed by atoms with Crippen LogP contribution in [-0.4, -0.2) is 12.1 Å². The van der Waals surface area contributed by atoms with Crippen molar-refractivity contribution in [1.82, 2.24) is 0 Å². The van der Waals surface area contributed by atoms with Gasteiger partial charge in [-0.05, 0) is 32.9 Å². The van der Waals surface area contributed by atoms with Gasteiger partial charge in [-0.25, -0.2) is 9.98 Å². The molecule has 0 bridgehead atoms. The Balaban J connectivity index is 3.03. The SMILES string of the molecule is C/C=C/N=C1N=CC=CC1=C(C)C. The Morgan fingerprint density at radius 3 is 2.85 bits per heavy atom. The normalized spacial score (nSPS) is 19.0. The lowest BCUT2D eigenvalue weighted by Gasteiger charge is -2.06. The van der Waals surface area contributed by atoms with Gasteiger partial charge in [0.15, 0.2) is 5.84 Å². The van der Waals surface area contributed by atoms with E-state index in [4.69, 9.17) is 0 Å². The van der Waals surface area contributed by atoms with E-state index in [2.05, 4.69) is 23.8 Å². The molecule has 0 saturated carbocycles. The van der Waals surface area contributed by atoms with Crippen LogP contribution in [-0.2, 0) is 0 Å². The summed E-state index contributed by atoms with van der Waals surface area (Å²) < 4.78 is 0. The second-order valence-electron chi connectivity index (χ2n) is 2.99. The minimum Gasteiger partial charge on any atom is -0.237 e. The number of aliphatic imine (C=N–C) groups is 2. The monoisotopic (exact) mass is 174 g/mol. The second-order valence-corrected chi connectivity index (χ2v) is 2.99. The highest BCUT2D eigenvalue weighted by atomic mass is 14.9. The molecule has 0 aliphatic carbocycles. The van der Waals surface area contributed by atoms with E-state index in [-0.39, 0.29) is 0 Å². The van der Waals surface area contributed by atoms with Crippen molar-refractivity contribution in [3.8, 4) is 0 Å². The Labute approximate surface area is 79.1 Å². The zero-order valence-electron chi connectivity index (χ0n) is 8.28. The Hall–Kier alpha value is -1.44. The van der Waals surface area contributed by atoms with Gasteiger partial charge in [-0.3, -0.25) is 0 Å². The van der Waals surface area contributed by atoms with Crippen LogP contribution in [0.15, 0.2) is 45.6 Å². The maximum absolute atomic E-state index is 4.23. The van der Waals surface area contributed by atoms with Crippen molar-refractivity contribution in [2.75, 3.05) is 0 Å². The van der Waals surface area contributed by atoms with E-state index in [1.165, 1.54) is 5.57 Å². The molecule has 0 amide bonds. The highest BCUT2D eigenvalue weighted by molar-refractivity contribution is 6.09. The molecule has 2 nitrogen and oxygen atoms in total. The molecule has 1 heterocycles. The first kappa shape index (κ1) is 9.65. The van der Waals surface area contributed by atoms with E-state index in [0.717, 1.165) is 11.4 Å². The molecule has 0 unspecified atom stereocenters. The summed E-state index contributed by atoms with van der Waals surface area (Å²) in [7, 11) is 0. The number of allylic oxidation sites excluding steroid dienone is 3. The van der Waals surface area contributed by atoms with Crippen LogP contribution in [0.1, 0.15) is 20.8 Å². The van der Waals surface area contributed by atoms with E-state index in [1.54, 1.807) is 12.4 Å². The standard InChI is InChI=1S/C11H14N2/c1-4-7-12-11-10(9(2)3)6-5-8-13-11/h4-8H,1-3H3/b7-4+,12-11?. The van der Waals surface area contributed by atoms with Crippen molar-refractivity contribution >= 4 is 12.1 Å². The minimum atomic E-state index is 0.792. The average Bonchev–Trinajstić information content (AvgIpc) is 2.15. The van der Waals surface area contributed by atoms with Crippen LogP contribution in [0.25, 0.3) is 0 Å². The Morgan fingerprint density at radius 2 is 2.23 bits per heavy atom. The van der Waals surface area contributed by atoms with Crippen molar-refractivity contribution in [3.05, 3.63) is 35.6 Å². The molecule has 68 valence electrons. The molecule has 1 aliphatic rings. The molecule has 2 heteroatoms. The third-order valence-electron chi connectivity index (χ3n) is 1.67. The lowest BCUT2D eigenvalue weighted by molar-refractivity contribution is 1.33. The first-order valence-corrected chi connectivity index (χ1v) is 4.33. The van der Waals surface area contributed by atoms with Crippen LogP contribution in [0.4, 0.5) is 0 Å². The van der Waals surface area contributed by atoms with Crippen LogP contribution >= 0.6 is 0 Å². The van der Waals surface area contributed by atoms with E-state index in [9.17, 15) is 0 Å². The molecule has 0 N–H and O–H groups in total. The average molecular weight is 174 g/mol. The zero-order valence-corrected chi connectivity index (χ0v) is 8.28. The summed E-state index contributed by atoms with van der Waals surface area (Å²) in [6.45, 7) is 6.06. The number of dihydropyridines is 1. The molecule has 0 aromatic rings. The van der Waals surface area contributed by atoms with Crippen molar-refractivity contribution in [2.45, 2.75) is 20.8 Å². The van der Waals surface area contributed by atoms with Gasteiger partial charge in [0.2, 0.25) is 0 Å². The zero-order chi connectivity index (χ0) is 9.68. The lowest BCUT2D eigenvalue weighted by atomic mass is 10.1. The fourth-order valence-electron chi connectivity index (χ4n) is 1.04. The summed E-state index contributed by atoms with van der Waals surface area (Å²) in [5, 5.41) is 0. The van der Waals surface area contributed by atoms with Crippen molar-refractivity contribution in [1.29, 1.82) is 0 Å². The quantitative estimate of drug-likeness (QED) is 0.584. The largest absolute Gasteiger partial charge is 0.237 e. The van der Waals surface area contributed by atoms with Crippen molar-refractivity contribution in [2.24, 2.45) is 9.98 Å². The highest BCUT2D eigenvalue weighted by Gasteiger charge is 2.05. The van der Waals surface area contributed by atoms with Crippen molar-refractivity contribution < 1.29 is 0 Å². The molecule has 0 atom stereocenters. The molecular formula is C11H14N2. The Kier molecular flexibility index (Phi) is 3.38. The first-order valence-electron chi connectivity index (χ1n) is 4.33. The molecule has 0 fully saturated rings. The summed E-state index contributed by atoms with van der Waals surface area (Å²) in [5.41, 5.74) is 2.34. The van der Waals surface area contributed by atoms with Crippen LogP contribution in [0.3, 0.4) is 0 Å². The Bertz CT molecular complexity index is 324. The molecule has 0 radical (unpaired) electrons. The summed E-state index contributed by atoms with van der Waals surface area (Å²) in [6.07, 6.45) is 9.37. The minimum absolute atomic E-state index is 0.792. The summed E-state index contributed by atoms with van der Waals surface area (Å²) >= 11 is 0. The van der Waals surface area contributed by atoms with E-state index < -0.39 is 0 Å². The number of rotatable bonds is 1. The fourth-order valence-corrected chi connectivity index (χ4v) is 1.04. The summed E-state index contributed by atoms with van der Waals surface area (Å²) in [5.74, 6) is 0.792.